The lowest BCUT2D eigenvalue weighted by Gasteiger charge is -2.31. The van der Waals surface area contributed by atoms with Crippen LogP contribution in [-0.4, -0.2) is 6.36 Å². The van der Waals surface area contributed by atoms with E-state index < -0.39 is 17.9 Å². The summed E-state index contributed by atoms with van der Waals surface area (Å²) in [5.41, 5.74) is 6.42. The standard InChI is InChI=1S/C12H13F4NO/c13-9-6-8(11(17)7-2-1-3-7)4-5-10(9)18-12(14,15)16/h4-7,11H,1-3,17H2/t11-/m0/s1. The largest absolute Gasteiger partial charge is 0.573 e. The van der Waals surface area contributed by atoms with Crippen molar-refractivity contribution in [2.45, 2.75) is 31.7 Å². The van der Waals surface area contributed by atoms with Crippen molar-refractivity contribution < 1.29 is 22.3 Å². The van der Waals surface area contributed by atoms with Crippen molar-refractivity contribution >= 4 is 0 Å². The normalized spacial score (nSPS) is 18.3. The van der Waals surface area contributed by atoms with Crippen LogP contribution in [0.4, 0.5) is 17.6 Å². The van der Waals surface area contributed by atoms with Crippen molar-refractivity contribution in [3.63, 3.8) is 0 Å². The second-order valence-electron chi connectivity index (χ2n) is 4.45. The highest BCUT2D eigenvalue weighted by Gasteiger charge is 2.33. The van der Waals surface area contributed by atoms with Crippen molar-refractivity contribution in [1.82, 2.24) is 0 Å². The van der Waals surface area contributed by atoms with Crippen molar-refractivity contribution in [3.05, 3.63) is 29.6 Å². The average molecular weight is 263 g/mol. The molecule has 1 aromatic rings. The number of ether oxygens (including phenoxy) is 1. The molecule has 1 aromatic carbocycles. The lowest BCUT2D eigenvalue weighted by molar-refractivity contribution is -0.275. The maximum Gasteiger partial charge on any atom is 0.573 e. The Labute approximate surface area is 102 Å². The first-order chi connectivity index (χ1) is 8.37. The summed E-state index contributed by atoms with van der Waals surface area (Å²) in [6.45, 7) is 0. The molecule has 1 saturated carbocycles. The van der Waals surface area contributed by atoms with Crippen molar-refractivity contribution in [2.75, 3.05) is 0 Å². The van der Waals surface area contributed by atoms with E-state index in [-0.39, 0.29) is 6.04 Å². The first-order valence-corrected chi connectivity index (χ1v) is 5.67. The summed E-state index contributed by atoms with van der Waals surface area (Å²) < 4.78 is 52.9. The van der Waals surface area contributed by atoms with Gasteiger partial charge in [-0.05, 0) is 36.5 Å². The number of benzene rings is 1. The molecule has 100 valence electrons. The molecule has 6 heteroatoms. The minimum atomic E-state index is -4.89. The van der Waals surface area contributed by atoms with Crippen LogP contribution >= 0.6 is 0 Å². The zero-order valence-electron chi connectivity index (χ0n) is 9.51. The van der Waals surface area contributed by atoms with Gasteiger partial charge in [-0.15, -0.1) is 13.2 Å². The Balaban J connectivity index is 2.13. The van der Waals surface area contributed by atoms with E-state index in [1.165, 1.54) is 6.07 Å². The van der Waals surface area contributed by atoms with Gasteiger partial charge in [0.1, 0.15) is 0 Å². The summed E-state index contributed by atoms with van der Waals surface area (Å²) >= 11 is 0. The van der Waals surface area contributed by atoms with Gasteiger partial charge in [0.25, 0.3) is 0 Å². The highest BCUT2D eigenvalue weighted by atomic mass is 19.4. The van der Waals surface area contributed by atoms with E-state index in [0.29, 0.717) is 11.5 Å². The number of hydrogen-bond acceptors (Lipinski definition) is 2. The number of hydrogen-bond donors (Lipinski definition) is 1. The van der Waals surface area contributed by atoms with Gasteiger partial charge in [0.2, 0.25) is 0 Å². The van der Waals surface area contributed by atoms with Crippen LogP contribution in [-0.2, 0) is 0 Å². The van der Waals surface area contributed by atoms with Crippen molar-refractivity contribution in [3.8, 4) is 5.75 Å². The smallest absolute Gasteiger partial charge is 0.403 e. The van der Waals surface area contributed by atoms with Crippen LogP contribution < -0.4 is 10.5 Å². The van der Waals surface area contributed by atoms with Gasteiger partial charge in [-0.2, -0.15) is 0 Å². The molecule has 0 aromatic heterocycles. The monoisotopic (exact) mass is 263 g/mol. The first kappa shape index (κ1) is 13.1. The second kappa shape index (κ2) is 4.76. The number of alkyl halides is 3. The molecule has 0 saturated heterocycles. The quantitative estimate of drug-likeness (QED) is 0.847. The zero-order valence-corrected chi connectivity index (χ0v) is 9.51. The topological polar surface area (TPSA) is 35.2 Å². The molecular weight excluding hydrogens is 250 g/mol. The molecule has 2 nitrogen and oxygen atoms in total. The number of rotatable bonds is 3. The van der Waals surface area contributed by atoms with Crippen molar-refractivity contribution in [1.29, 1.82) is 0 Å². The predicted molar refractivity (Wildman–Crippen MR) is 57.4 cm³/mol. The third-order valence-electron chi connectivity index (χ3n) is 3.22. The van der Waals surface area contributed by atoms with Crippen molar-refractivity contribution in [2.24, 2.45) is 11.7 Å². The minimum Gasteiger partial charge on any atom is -0.403 e. The number of nitrogens with two attached hydrogens (primary N) is 1. The maximum atomic E-state index is 13.4. The fourth-order valence-electron chi connectivity index (χ4n) is 2.00. The Bertz CT molecular complexity index is 429. The molecule has 0 spiro atoms. The van der Waals surface area contributed by atoms with Gasteiger partial charge < -0.3 is 10.5 Å². The Morgan fingerprint density at radius 2 is 1.94 bits per heavy atom. The van der Waals surface area contributed by atoms with Gasteiger partial charge in [0, 0.05) is 6.04 Å². The highest BCUT2D eigenvalue weighted by Crippen LogP contribution is 2.37. The molecule has 18 heavy (non-hydrogen) atoms. The second-order valence-corrected chi connectivity index (χ2v) is 4.45. The van der Waals surface area contributed by atoms with Crippen LogP contribution in [0.15, 0.2) is 18.2 Å². The molecule has 0 amide bonds. The van der Waals surface area contributed by atoms with Crippen LogP contribution in [0.2, 0.25) is 0 Å². The predicted octanol–water partition coefficient (Wildman–Crippen LogP) is 3.52. The molecule has 2 N–H and O–H groups in total. The molecule has 0 heterocycles. The van der Waals surface area contributed by atoms with Gasteiger partial charge in [-0.25, -0.2) is 4.39 Å². The highest BCUT2D eigenvalue weighted by molar-refractivity contribution is 5.31. The third-order valence-corrected chi connectivity index (χ3v) is 3.22. The summed E-state index contributed by atoms with van der Waals surface area (Å²) in [5, 5.41) is 0. The van der Waals surface area contributed by atoms with Gasteiger partial charge >= 0.3 is 6.36 Å². The summed E-state index contributed by atoms with van der Waals surface area (Å²) in [4.78, 5) is 0. The van der Waals surface area contributed by atoms with E-state index in [1.54, 1.807) is 0 Å². The Morgan fingerprint density at radius 3 is 2.39 bits per heavy atom. The lowest BCUT2D eigenvalue weighted by Crippen LogP contribution is -2.27. The SMILES string of the molecule is N[C@H](c1ccc(OC(F)(F)F)c(F)c1)C1CCC1. The van der Waals surface area contributed by atoms with E-state index >= 15 is 0 Å². The summed E-state index contributed by atoms with van der Waals surface area (Å²) in [6, 6.07) is 3.04. The molecule has 1 aliphatic carbocycles. The Hall–Kier alpha value is -1.30. The molecule has 0 unspecified atom stereocenters. The lowest BCUT2D eigenvalue weighted by atomic mass is 9.77. The molecule has 1 atom stereocenters. The van der Waals surface area contributed by atoms with Gasteiger partial charge in [-0.1, -0.05) is 12.5 Å². The van der Waals surface area contributed by atoms with Crippen LogP contribution in [0.5, 0.6) is 5.75 Å². The van der Waals surface area contributed by atoms with E-state index in [2.05, 4.69) is 4.74 Å². The molecule has 0 bridgehead atoms. The summed E-state index contributed by atoms with van der Waals surface area (Å²) in [7, 11) is 0. The van der Waals surface area contributed by atoms with Gasteiger partial charge in [-0.3, -0.25) is 0 Å². The van der Waals surface area contributed by atoms with E-state index in [9.17, 15) is 17.6 Å². The molecule has 1 aliphatic rings. The molecule has 2 rings (SSSR count). The Morgan fingerprint density at radius 1 is 1.28 bits per heavy atom. The molecule has 0 aliphatic heterocycles. The van der Waals surface area contributed by atoms with Crippen LogP contribution in [0.3, 0.4) is 0 Å². The summed E-state index contributed by atoms with van der Waals surface area (Å²) in [5.74, 6) is -1.58. The maximum absolute atomic E-state index is 13.4. The average Bonchev–Trinajstić information content (AvgIpc) is 2.16. The van der Waals surface area contributed by atoms with E-state index in [1.807, 2.05) is 0 Å². The Kier molecular flexibility index (Phi) is 3.47. The van der Waals surface area contributed by atoms with Crippen LogP contribution in [0.25, 0.3) is 0 Å². The number of halogens is 4. The molecular formula is C12H13F4NO. The van der Waals surface area contributed by atoms with Gasteiger partial charge in [0.15, 0.2) is 11.6 Å². The van der Waals surface area contributed by atoms with E-state index in [0.717, 1.165) is 31.4 Å². The van der Waals surface area contributed by atoms with Crippen LogP contribution in [0.1, 0.15) is 30.9 Å². The minimum absolute atomic E-state index is 0.291. The molecule has 1 fully saturated rings. The third kappa shape index (κ3) is 2.93. The van der Waals surface area contributed by atoms with Crippen LogP contribution in [0, 0.1) is 11.7 Å². The van der Waals surface area contributed by atoms with E-state index in [4.69, 9.17) is 5.73 Å². The fourth-order valence-corrected chi connectivity index (χ4v) is 2.00. The summed E-state index contributed by atoms with van der Waals surface area (Å²) in [6.07, 6.45) is -1.85. The fraction of sp³-hybridized carbons (Fsp3) is 0.500. The van der Waals surface area contributed by atoms with Gasteiger partial charge in [0.05, 0.1) is 0 Å². The first-order valence-electron chi connectivity index (χ1n) is 5.67. The molecule has 0 radical (unpaired) electrons. The zero-order chi connectivity index (χ0) is 13.3.